The van der Waals surface area contributed by atoms with Gasteiger partial charge >= 0.3 is 0 Å². The number of carbonyl (C=O) groups is 1. The molecule has 1 amide bonds. The maximum Gasteiger partial charge on any atom is 0.255 e. The fourth-order valence-electron chi connectivity index (χ4n) is 3.53. The van der Waals surface area contributed by atoms with Gasteiger partial charge in [-0.05, 0) is 49.4 Å². The molecule has 0 spiro atoms. The van der Waals surface area contributed by atoms with Crippen molar-refractivity contribution >= 4 is 17.3 Å². The number of hydrogen-bond acceptors (Lipinski definition) is 5. The normalized spacial score (nSPS) is 14.6. The minimum Gasteiger partial charge on any atom is -0.497 e. The lowest BCUT2D eigenvalue weighted by Crippen LogP contribution is -2.46. The molecule has 1 heterocycles. The van der Waals surface area contributed by atoms with Gasteiger partial charge in [-0.25, -0.2) is 0 Å². The van der Waals surface area contributed by atoms with Crippen LogP contribution in [0.15, 0.2) is 36.4 Å². The molecule has 0 unspecified atom stereocenters. The van der Waals surface area contributed by atoms with Crippen molar-refractivity contribution in [2.75, 3.05) is 57.2 Å². The second-order valence-electron chi connectivity index (χ2n) is 6.98. The van der Waals surface area contributed by atoms with Crippen LogP contribution in [0.25, 0.3) is 0 Å². The molecule has 2 aromatic rings. The van der Waals surface area contributed by atoms with E-state index in [0.29, 0.717) is 17.1 Å². The number of hydrogen-bond donors (Lipinski definition) is 1. The number of amides is 1. The second-order valence-corrected chi connectivity index (χ2v) is 6.98. The lowest BCUT2D eigenvalue weighted by molar-refractivity contribution is 0.102. The van der Waals surface area contributed by atoms with E-state index < -0.39 is 0 Å². The van der Waals surface area contributed by atoms with Crippen molar-refractivity contribution in [2.45, 2.75) is 13.8 Å². The zero-order valence-corrected chi connectivity index (χ0v) is 17.1. The van der Waals surface area contributed by atoms with Gasteiger partial charge in [0.15, 0.2) is 0 Å². The van der Waals surface area contributed by atoms with Crippen LogP contribution in [0.2, 0.25) is 0 Å². The third-order valence-corrected chi connectivity index (χ3v) is 5.23. The number of nitrogens with one attached hydrogen (secondary N) is 1. The molecule has 1 aliphatic heterocycles. The van der Waals surface area contributed by atoms with Crippen molar-refractivity contribution < 1.29 is 14.3 Å². The van der Waals surface area contributed by atoms with Crippen LogP contribution in [-0.4, -0.2) is 57.8 Å². The number of piperazine rings is 1. The maximum atomic E-state index is 12.7. The van der Waals surface area contributed by atoms with Gasteiger partial charge in [0.05, 0.1) is 14.2 Å². The Hall–Kier alpha value is -2.73. The first-order valence-electron chi connectivity index (χ1n) is 9.66. The molecule has 0 aliphatic carbocycles. The first-order valence-corrected chi connectivity index (χ1v) is 9.66. The van der Waals surface area contributed by atoms with Crippen molar-refractivity contribution in [1.29, 1.82) is 0 Å². The Morgan fingerprint density at radius 2 is 1.64 bits per heavy atom. The van der Waals surface area contributed by atoms with Gasteiger partial charge in [0.25, 0.3) is 5.91 Å². The highest BCUT2D eigenvalue weighted by atomic mass is 16.5. The van der Waals surface area contributed by atoms with Crippen molar-refractivity contribution in [3.63, 3.8) is 0 Å². The van der Waals surface area contributed by atoms with E-state index in [9.17, 15) is 4.79 Å². The lowest BCUT2D eigenvalue weighted by Gasteiger charge is -2.36. The van der Waals surface area contributed by atoms with E-state index in [1.54, 1.807) is 32.4 Å². The minimum absolute atomic E-state index is 0.194. The number of carbonyl (C=O) groups excluding carboxylic acids is 1. The topological polar surface area (TPSA) is 54.0 Å². The highest BCUT2D eigenvalue weighted by Gasteiger charge is 2.18. The summed E-state index contributed by atoms with van der Waals surface area (Å²) in [6.45, 7) is 9.64. The summed E-state index contributed by atoms with van der Waals surface area (Å²) in [6.07, 6.45) is 0. The van der Waals surface area contributed by atoms with E-state index in [2.05, 4.69) is 35.0 Å². The summed E-state index contributed by atoms with van der Waals surface area (Å²) in [5.41, 5.74) is 3.66. The molecule has 1 N–H and O–H groups in total. The van der Waals surface area contributed by atoms with Crippen LogP contribution in [0.5, 0.6) is 11.5 Å². The summed E-state index contributed by atoms with van der Waals surface area (Å²) >= 11 is 0. The van der Waals surface area contributed by atoms with Crippen LogP contribution in [0.3, 0.4) is 0 Å². The number of anilines is 2. The summed E-state index contributed by atoms with van der Waals surface area (Å²) < 4.78 is 10.5. The standard InChI is InChI=1S/C22H29N3O3/c1-5-24-8-10-25(11-9-24)21-7-6-18(12-16(21)2)23-22(26)17-13-19(27-3)15-20(14-17)28-4/h6-7,12-15H,5,8-11H2,1-4H3,(H,23,26). The molecule has 0 saturated carbocycles. The highest BCUT2D eigenvalue weighted by molar-refractivity contribution is 6.05. The van der Waals surface area contributed by atoms with Crippen LogP contribution >= 0.6 is 0 Å². The van der Waals surface area contributed by atoms with Gasteiger partial charge in [0.1, 0.15) is 11.5 Å². The smallest absolute Gasteiger partial charge is 0.255 e. The van der Waals surface area contributed by atoms with E-state index in [1.807, 2.05) is 12.1 Å². The van der Waals surface area contributed by atoms with Gasteiger partial charge in [-0.15, -0.1) is 0 Å². The van der Waals surface area contributed by atoms with Gasteiger partial charge in [0.2, 0.25) is 0 Å². The Labute approximate surface area is 167 Å². The Morgan fingerprint density at radius 1 is 1.00 bits per heavy atom. The predicted molar refractivity (Wildman–Crippen MR) is 113 cm³/mol. The van der Waals surface area contributed by atoms with Crippen LogP contribution in [0, 0.1) is 6.92 Å². The molecule has 0 atom stereocenters. The number of rotatable bonds is 6. The van der Waals surface area contributed by atoms with Crippen LogP contribution < -0.4 is 19.7 Å². The average Bonchev–Trinajstić information content (AvgIpc) is 2.73. The molecule has 0 radical (unpaired) electrons. The Kier molecular flexibility index (Phi) is 6.41. The average molecular weight is 383 g/mol. The second kappa shape index (κ2) is 8.97. The van der Waals surface area contributed by atoms with Crippen molar-refractivity contribution in [3.05, 3.63) is 47.5 Å². The molecule has 28 heavy (non-hydrogen) atoms. The quantitative estimate of drug-likeness (QED) is 0.829. The molecule has 1 aliphatic rings. The lowest BCUT2D eigenvalue weighted by atomic mass is 10.1. The molecule has 1 saturated heterocycles. The third-order valence-electron chi connectivity index (χ3n) is 5.23. The molecule has 0 bridgehead atoms. The van der Waals surface area contributed by atoms with Gasteiger partial charge in [-0.2, -0.15) is 0 Å². The van der Waals surface area contributed by atoms with Gasteiger partial charge in [-0.1, -0.05) is 6.92 Å². The third kappa shape index (κ3) is 4.57. The zero-order valence-electron chi connectivity index (χ0n) is 17.1. The Bertz CT molecular complexity index is 808. The highest BCUT2D eigenvalue weighted by Crippen LogP contribution is 2.26. The van der Waals surface area contributed by atoms with E-state index in [4.69, 9.17) is 9.47 Å². The predicted octanol–water partition coefficient (Wildman–Crippen LogP) is 3.41. The van der Waals surface area contributed by atoms with Crippen molar-refractivity contribution in [1.82, 2.24) is 4.90 Å². The molecule has 2 aromatic carbocycles. The number of aryl methyl sites for hydroxylation is 1. The SMILES string of the molecule is CCN1CCN(c2ccc(NC(=O)c3cc(OC)cc(OC)c3)cc2C)CC1. The molecular weight excluding hydrogens is 354 g/mol. The fourth-order valence-corrected chi connectivity index (χ4v) is 3.53. The molecule has 1 fully saturated rings. The molecule has 150 valence electrons. The Morgan fingerprint density at radius 3 is 2.18 bits per heavy atom. The molecule has 3 rings (SSSR count). The number of nitrogens with zero attached hydrogens (tertiary/aromatic N) is 2. The number of methoxy groups -OCH3 is 2. The molecule has 6 nitrogen and oxygen atoms in total. The van der Waals surface area contributed by atoms with Crippen LogP contribution in [-0.2, 0) is 0 Å². The van der Waals surface area contributed by atoms with E-state index in [0.717, 1.165) is 44.0 Å². The summed E-state index contributed by atoms with van der Waals surface area (Å²) in [7, 11) is 3.14. The monoisotopic (exact) mass is 383 g/mol. The van der Waals surface area contributed by atoms with Crippen molar-refractivity contribution in [2.24, 2.45) is 0 Å². The number of benzene rings is 2. The summed E-state index contributed by atoms with van der Waals surface area (Å²) in [6, 6.07) is 11.2. The Balaban J connectivity index is 1.71. The number of ether oxygens (including phenoxy) is 2. The van der Waals surface area contributed by atoms with E-state index in [1.165, 1.54) is 5.69 Å². The largest absolute Gasteiger partial charge is 0.497 e. The van der Waals surface area contributed by atoms with Gasteiger partial charge < -0.3 is 24.6 Å². The zero-order chi connectivity index (χ0) is 20.1. The first-order chi connectivity index (χ1) is 13.5. The molecule has 0 aromatic heterocycles. The van der Waals surface area contributed by atoms with Gasteiger partial charge in [-0.3, -0.25) is 4.79 Å². The number of likely N-dealkylation sites (N-methyl/N-ethyl adjacent to an activating group) is 1. The summed E-state index contributed by atoms with van der Waals surface area (Å²) in [4.78, 5) is 17.6. The minimum atomic E-state index is -0.194. The van der Waals surface area contributed by atoms with Crippen LogP contribution in [0.4, 0.5) is 11.4 Å². The van der Waals surface area contributed by atoms with E-state index in [-0.39, 0.29) is 5.91 Å². The van der Waals surface area contributed by atoms with Crippen LogP contribution in [0.1, 0.15) is 22.8 Å². The summed E-state index contributed by atoms with van der Waals surface area (Å²) in [5.74, 6) is 0.977. The fraction of sp³-hybridized carbons (Fsp3) is 0.409. The van der Waals surface area contributed by atoms with Gasteiger partial charge in [0, 0.05) is 49.2 Å². The van der Waals surface area contributed by atoms with E-state index >= 15 is 0 Å². The summed E-state index contributed by atoms with van der Waals surface area (Å²) in [5, 5.41) is 2.97. The molecule has 6 heteroatoms. The van der Waals surface area contributed by atoms with Crippen molar-refractivity contribution in [3.8, 4) is 11.5 Å². The maximum absolute atomic E-state index is 12.7. The molecular formula is C22H29N3O3. The first kappa shape index (κ1) is 20.0.